The number of aryl methyl sites for hydroxylation is 1. The lowest BCUT2D eigenvalue weighted by Crippen LogP contribution is -2.23. The Bertz CT molecular complexity index is 1590. The molecule has 4 aromatic rings. The molecular formula is C31H28ClN3O4S. The third-order valence-electron chi connectivity index (χ3n) is 6.26. The highest BCUT2D eigenvalue weighted by Gasteiger charge is 2.24. The number of nitrogens with one attached hydrogen (secondary N) is 1. The summed E-state index contributed by atoms with van der Waals surface area (Å²) in [6, 6.07) is 22.8. The maximum Gasteiger partial charge on any atom is 0.237 e. The number of anilines is 1. The number of thioether (sulfide) groups is 1. The van der Waals surface area contributed by atoms with Gasteiger partial charge in [0.2, 0.25) is 5.91 Å². The van der Waals surface area contributed by atoms with Crippen LogP contribution in [-0.4, -0.2) is 37.5 Å². The molecule has 204 valence electrons. The van der Waals surface area contributed by atoms with Gasteiger partial charge >= 0.3 is 0 Å². The van der Waals surface area contributed by atoms with Crippen molar-refractivity contribution in [3.8, 4) is 45.7 Å². The second kappa shape index (κ2) is 12.8. The quantitative estimate of drug-likeness (QED) is 0.209. The van der Waals surface area contributed by atoms with E-state index in [0.717, 1.165) is 11.1 Å². The molecule has 40 heavy (non-hydrogen) atoms. The van der Waals surface area contributed by atoms with Crippen LogP contribution < -0.4 is 19.5 Å². The van der Waals surface area contributed by atoms with Gasteiger partial charge in [0.15, 0.2) is 11.5 Å². The van der Waals surface area contributed by atoms with Crippen LogP contribution in [0.25, 0.3) is 22.4 Å². The van der Waals surface area contributed by atoms with E-state index in [0.29, 0.717) is 55.4 Å². The highest BCUT2D eigenvalue weighted by atomic mass is 35.5. The number of rotatable bonds is 9. The monoisotopic (exact) mass is 573 g/mol. The Balaban J connectivity index is 1.79. The van der Waals surface area contributed by atoms with Crippen molar-refractivity contribution in [3.05, 3.63) is 82.9 Å². The van der Waals surface area contributed by atoms with Crippen molar-refractivity contribution >= 4 is 35.0 Å². The minimum absolute atomic E-state index is 0.277. The number of nitrogens with zero attached hydrogens (tertiary/aromatic N) is 2. The van der Waals surface area contributed by atoms with Crippen LogP contribution in [0.5, 0.6) is 17.2 Å². The normalized spacial score (nSPS) is 11.3. The number of para-hydroxylation sites is 1. The van der Waals surface area contributed by atoms with Crippen molar-refractivity contribution in [2.24, 2.45) is 0 Å². The number of nitriles is 1. The zero-order valence-corrected chi connectivity index (χ0v) is 24.3. The fourth-order valence-corrected chi connectivity index (χ4v) is 5.25. The van der Waals surface area contributed by atoms with E-state index in [9.17, 15) is 10.1 Å². The van der Waals surface area contributed by atoms with Gasteiger partial charge in [-0.2, -0.15) is 5.26 Å². The summed E-state index contributed by atoms with van der Waals surface area (Å²) >= 11 is 7.42. The van der Waals surface area contributed by atoms with E-state index in [1.54, 1.807) is 39.3 Å². The molecule has 0 aliphatic heterocycles. The van der Waals surface area contributed by atoms with Crippen LogP contribution in [0.1, 0.15) is 18.1 Å². The summed E-state index contributed by atoms with van der Waals surface area (Å²) in [5, 5.41) is 13.6. The Labute approximate surface area is 243 Å². The number of halogens is 1. The molecule has 0 fully saturated rings. The standard InChI is InChI=1S/C31H28ClN3O4S/c1-18-14-26(28(38-4)16-24(18)32)34-30(36)19(2)40-31-23(17-33)22(15-25(35-31)20-10-7-6-8-11-20)21-12-9-13-27(37-3)29(21)39-5/h6-16,19H,1-5H3,(H,34,36). The van der Waals surface area contributed by atoms with Crippen LogP contribution in [0.15, 0.2) is 71.8 Å². The van der Waals surface area contributed by atoms with E-state index in [4.69, 9.17) is 30.8 Å². The van der Waals surface area contributed by atoms with Crippen molar-refractivity contribution in [3.63, 3.8) is 0 Å². The highest BCUT2D eigenvalue weighted by Crippen LogP contribution is 2.43. The summed E-state index contributed by atoms with van der Waals surface area (Å²) in [5.74, 6) is 1.21. The molecule has 0 radical (unpaired) electrons. The van der Waals surface area contributed by atoms with E-state index in [-0.39, 0.29) is 5.91 Å². The average molecular weight is 574 g/mol. The molecule has 0 aliphatic carbocycles. The first-order chi connectivity index (χ1) is 19.3. The summed E-state index contributed by atoms with van der Waals surface area (Å²) in [4.78, 5) is 18.1. The van der Waals surface area contributed by atoms with Crippen LogP contribution in [0.2, 0.25) is 5.02 Å². The molecule has 1 aromatic heterocycles. The van der Waals surface area contributed by atoms with Crippen LogP contribution >= 0.6 is 23.4 Å². The number of methoxy groups -OCH3 is 3. The first-order valence-corrected chi connectivity index (χ1v) is 13.6. The van der Waals surface area contributed by atoms with Crippen molar-refractivity contribution < 1.29 is 19.0 Å². The van der Waals surface area contributed by atoms with Crippen molar-refractivity contribution in [2.45, 2.75) is 24.1 Å². The summed E-state index contributed by atoms with van der Waals surface area (Å²) in [5.41, 5.74) is 4.47. The second-order valence-corrected chi connectivity index (χ2v) is 10.5. The summed E-state index contributed by atoms with van der Waals surface area (Å²) < 4.78 is 16.6. The number of amides is 1. The first-order valence-electron chi connectivity index (χ1n) is 12.3. The zero-order valence-electron chi connectivity index (χ0n) is 22.7. The molecule has 0 aliphatic rings. The Morgan fingerprint density at radius 3 is 2.35 bits per heavy atom. The van der Waals surface area contributed by atoms with Gasteiger partial charge in [-0.05, 0) is 37.6 Å². The summed E-state index contributed by atoms with van der Waals surface area (Å²) in [6.45, 7) is 3.61. The van der Waals surface area contributed by atoms with Gasteiger partial charge in [0.25, 0.3) is 0 Å². The second-order valence-electron chi connectivity index (χ2n) is 8.81. The Kier molecular flexibility index (Phi) is 9.20. The predicted octanol–water partition coefficient (Wildman–Crippen LogP) is 7.39. The third kappa shape index (κ3) is 6.01. The lowest BCUT2D eigenvalue weighted by molar-refractivity contribution is -0.115. The molecule has 1 amide bonds. The fourth-order valence-electron chi connectivity index (χ4n) is 4.17. The SMILES string of the molecule is COc1cc(Cl)c(C)cc1NC(=O)C(C)Sc1nc(-c2ccccc2)cc(-c2cccc(OC)c2OC)c1C#N. The molecule has 0 saturated carbocycles. The summed E-state index contributed by atoms with van der Waals surface area (Å²) in [6.07, 6.45) is 0. The largest absolute Gasteiger partial charge is 0.495 e. The van der Waals surface area contributed by atoms with E-state index in [1.807, 2.05) is 55.5 Å². The van der Waals surface area contributed by atoms with E-state index in [1.165, 1.54) is 18.9 Å². The van der Waals surface area contributed by atoms with Crippen LogP contribution in [-0.2, 0) is 4.79 Å². The third-order valence-corrected chi connectivity index (χ3v) is 7.75. The highest BCUT2D eigenvalue weighted by molar-refractivity contribution is 8.00. The zero-order chi connectivity index (χ0) is 28.8. The first kappa shape index (κ1) is 28.8. The number of aromatic nitrogens is 1. The van der Waals surface area contributed by atoms with Gasteiger partial charge in [0.05, 0.1) is 43.5 Å². The molecule has 1 atom stereocenters. The molecule has 0 bridgehead atoms. The Morgan fingerprint density at radius 2 is 1.70 bits per heavy atom. The molecule has 1 unspecified atom stereocenters. The van der Waals surface area contributed by atoms with Crippen molar-refractivity contribution in [2.75, 3.05) is 26.6 Å². The number of carbonyl (C=O) groups excluding carboxylic acids is 1. The maximum absolute atomic E-state index is 13.3. The summed E-state index contributed by atoms with van der Waals surface area (Å²) in [7, 11) is 4.64. The van der Waals surface area contributed by atoms with Gasteiger partial charge in [-0.15, -0.1) is 0 Å². The lowest BCUT2D eigenvalue weighted by atomic mass is 9.98. The molecule has 0 saturated heterocycles. The van der Waals surface area contributed by atoms with Crippen LogP contribution in [0.4, 0.5) is 5.69 Å². The van der Waals surface area contributed by atoms with E-state index < -0.39 is 5.25 Å². The van der Waals surface area contributed by atoms with E-state index in [2.05, 4.69) is 11.4 Å². The van der Waals surface area contributed by atoms with Gasteiger partial charge in [0, 0.05) is 27.8 Å². The molecule has 3 aromatic carbocycles. The number of benzene rings is 3. The number of hydrogen-bond donors (Lipinski definition) is 1. The van der Waals surface area contributed by atoms with Crippen LogP contribution in [0.3, 0.4) is 0 Å². The smallest absolute Gasteiger partial charge is 0.237 e. The topological polar surface area (TPSA) is 93.5 Å². The van der Waals surface area contributed by atoms with Gasteiger partial charge in [0.1, 0.15) is 16.8 Å². The Morgan fingerprint density at radius 1 is 0.975 bits per heavy atom. The molecule has 1 N–H and O–H groups in total. The minimum Gasteiger partial charge on any atom is -0.495 e. The Hall–Kier alpha value is -4.19. The minimum atomic E-state index is -0.605. The number of carbonyl (C=O) groups is 1. The molecule has 4 rings (SSSR count). The number of ether oxygens (including phenoxy) is 3. The van der Waals surface area contributed by atoms with Crippen molar-refractivity contribution in [1.82, 2.24) is 4.98 Å². The maximum atomic E-state index is 13.3. The fraction of sp³-hybridized carbons (Fsp3) is 0.194. The lowest BCUT2D eigenvalue weighted by Gasteiger charge is -2.18. The van der Waals surface area contributed by atoms with Gasteiger partial charge in [-0.25, -0.2) is 4.98 Å². The van der Waals surface area contributed by atoms with Gasteiger partial charge < -0.3 is 19.5 Å². The molecule has 9 heteroatoms. The van der Waals surface area contributed by atoms with Crippen molar-refractivity contribution in [1.29, 1.82) is 5.26 Å². The number of pyridine rings is 1. The molecule has 7 nitrogen and oxygen atoms in total. The van der Waals surface area contributed by atoms with E-state index >= 15 is 0 Å². The van der Waals surface area contributed by atoms with Gasteiger partial charge in [-0.1, -0.05) is 65.8 Å². The predicted molar refractivity (Wildman–Crippen MR) is 160 cm³/mol. The van der Waals surface area contributed by atoms with Gasteiger partial charge in [-0.3, -0.25) is 4.79 Å². The average Bonchev–Trinajstić information content (AvgIpc) is 2.98. The molecule has 1 heterocycles. The number of hydrogen-bond acceptors (Lipinski definition) is 7. The van der Waals surface area contributed by atoms with Crippen LogP contribution in [0, 0.1) is 18.3 Å². The molecular weight excluding hydrogens is 546 g/mol. The molecule has 0 spiro atoms.